The zero-order valence-corrected chi connectivity index (χ0v) is 24.8. The summed E-state index contributed by atoms with van der Waals surface area (Å²) >= 11 is 0. The van der Waals surface area contributed by atoms with Crippen LogP contribution in [0.15, 0.2) is 72.8 Å². The van der Waals surface area contributed by atoms with Gasteiger partial charge in [0.2, 0.25) is 5.75 Å². The summed E-state index contributed by atoms with van der Waals surface area (Å²) in [6, 6.07) is 20.6. The number of carbonyl (C=O) groups is 2. The van der Waals surface area contributed by atoms with Crippen LogP contribution in [0.25, 0.3) is 11.1 Å². The van der Waals surface area contributed by atoms with E-state index in [9.17, 15) is 9.59 Å². The summed E-state index contributed by atoms with van der Waals surface area (Å²) in [6.45, 7) is 1.86. The molecule has 0 aromatic heterocycles. The molecule has 0 radical (unpaired) electrons. The van der Waals surface area contributed by atoms with E-state index in [1.165, 1.54) is 28.4 Å². The molecule has 0 heterocycles. The lowest BCUT2D eigenvalue weighted by Gasteiger charge is -2.37. The van der Waals surface area contributed by atoms with E-state index in [0.717, 1.165) is 0 Å². The lowest BCUT2D eigenvalue weighted by molar-refractivity contribution is -0.0398. The molecule has 222 valence electrons. The highest BCUT2D eigenvalue weighted by molar-refractivity contribution is 5.93. The van der Waals surface area contributed by atoms with Gasteiger partial charge < -0.3 is 33.2 Å². The molecule has 2 atom stereocenters. The maximum absolute atomic E-state index is 13.6. The molecular formula is C34H32O9. The Labute approximate surface area is 249 Å². The Kier molecular flexibility index (Phi) is 8.43. The third-order valence-corrected chi connectivity index (χ3v) is 7.42. The second kappa shape index (κ2) is 12.4. The summed E-state index contributed by atoms with van der Waals surface area (Å²) in [5, 5.41) is 0. The second-order valence-corrected chi connectivity index (χ2v) is 9.69. The molecule has 9 nitrogen and oxygen atoms in total. The highest BCUT2D eigenvalue weighted by Crippen LogP contribution is 2.60. The Balaban J connectivity index is 1.83. The minimum Gasteiger partial charge on any atom is -0.496 e. The van der Waals surface area contributed by atoms with Crippen molar-refractivity contribution in [2.45, 2.75) is 19.1 Å². The summed E-state index contributed by atoms with van der Waals surface area (Å²) in [7, 11) is 7.59. The van der Waals surface area contributed by atoms with Gasteiger partial charge in [0, 0.05) is 27.8 Å². The molecule has 43 heavy (non-hydrogen) atoms. The Morgan fingerprint density at radius 3 is 1.37 bits per heavy atom. The molecule has 0 saturated carbocycles. The summed E-state index contributed by atoms with van der Waals surface area (Å²) in [5.41, 5.74) is 3.45. The molecule has 0 saturated heterocycles. The van der Waals surface area contributed by atoms with Crippen LogP contribution < -0.4 is 23.7 Å². The zero-order valence-electron chi connectivity index (χ0n) is 24.8. The molecule has 0 amide bonds. The number of methoxy groups -OCH3 is 5. The van der Waals surface area contributed by atoms with Crippen LogP contribution in [0.3, 0.4) is 0 Å². The van der Waals surface area contributed by atoms with Crippen molar-refractivity contribution in [3.63, 3.8) is 0 Å². The van der Waals surface area contributed by atoms with Gasteiger partial charge in [-0.1, -0.05) is 36.4 Å². The first kappa shape index (κ1) is 29.3. The highest BCUT2D eigenvalue weighted by atomic mass is 16.6. The number of benzene rings is 4. The van der Waals surface area contributed by atoms with Crippen LogP contribution >= 0.6 is 0 Å². The van der Waals surface area contributed by atoms with Gasteiger partial charge in [-0.05, 0) is 43.3 Å². The van der Waals surface area contributed by atoms with Crippen LogP contribution in [0, 0.1) is 6.92 Å². The second-order valence-electron chi connectivity index (χ2n) is 9.69. The molecule has 4 aromatic rings. The summed E-state index contributed by atoms with van der Waals surface area (Å²) in [6.07, 6.45) is -2.25. The third-order valence-electron chi connectivity index (χ3n) is 7.42. The zero-order chi connectivity index (χ0) is 30.7. The van der Waals surface area contributed by atoms with E-state index in [1.807, 2.05) is 6.92 Å². The monoisotopic (exact) mass is 584 g/mol. The molecule has 5 rings (SSSR count). The van der Waals surface area contributed by atoms with Crippen molar-refractivity contribution in [1.29, 1.82) is 0 Å². The van der Waals surface area contributed by atoms with E-state index in [4.69, 9.17) is 33.2 Å². The lowest BCUT2D eigenvalue weighted by Crippen LogP contribution is -2.28. The minimum atomic E-state index is -1.13. The van der Waals surface area contributed by atoms with Gasteiger partial charge in [-0.2, -0.15) is 0 Å². The summed E-state index contributed by atoms with van der Waals surface area (Å²) in [4.78, 5) is 27.1. The first-order valence-electron chi connectivity index (χ1n) is 13.5. The molecule has 4 aromatic carbocycles. The maximum Gasteiger partial charge on any atom is 0.338 e. The average Bonchev–Trinajstić information content (AvgIpc) is 3.05. The highest BCUT2D eigenvalue weighted by Gasteiger charge is 2.45. The number of ether oxygens (including phenoxy) is 7. The Morgan fingerprint density at radius 2 is 0.953 bits per heavy atom. The normalized spacial score (nSPS) is 14.9. The van der Waals surface area contributed by atoms with Gasteiger partial charge in [0.15, 0.2) is 23.7 Å². The average molecular weight is 585 g/mol. The smallest absolute Gasteiger partial charge is 0.338 e. The summed E-state index contributed by atoms with van der Waals surface area (Å²) in [5.74, 6) is 0.738. The van der Waals surface area contributed by atoms with E-state index in [-0.39, 0.29) is 0 Å². The molecule has 0 aliphatic heterocycles. The number of esters is 2. The van der Waals surface area contributed by atoms with Gasteiger partial charge >= 0.3 is 11.9 Å². The van der Waals surface area contributed by atoms with Gasteiger partial charge in [-0.25, -0.2) is 9.59 Å². The Bertz CT molecular complexity index is 1650. The van der Waals surface area contributed by atoms with Gasteiger partial charge in [0.1, 0.15) is 11.5 Å². The molecule has 1 aliphatic carbocycles. The third kappa shape index (κ3) is 5.18. The van der Waals surface area contributed by atoms with Crippen molar-refractivity contribution >= 4 is 11.9 Å². The van der Waals surface area contributed by atoms with E-state index in [2.05, 4.69) is 0 Å². The van der Waals surface area contributed by atoms with Crippen molar-refractivity contribution in [2.75, 3.05) is 35.5 Å². The van der Waals surface area contributed by atoms with Crippen LogP contribution in [0.4, 0.5) is 0 Å². The standard InChI is InChI=1S/C34H32O9/c1-19-24(37-2)17-22-26(28(19)39-4)27-23(18-25(38-3)31(40-5)32(27)41-6)30(43-34(36)21-15-11-8-12-16-21)29(22)42-33(35)20-13-9-7-10-14-20/h7-18,29-30H,1-6H3. The molecular weight excluding hydrogens is 552 g/mol. The molecule has 2 unspecified atom stereocenters. The van der Waals surface area contributed by atoms with Gasteiger partial charge in [-0.15, -0.1) is 0 Å². The number of carbonyl (C=O) groups excluding carboxylic acids is 2. The van der Waals surface area contributed by atoms with Crippen LogP contribution in [0.5, 0.6) is 28.7 Å². The summed E-state index contributed by atoms with van der Waals surface area (Å²) < 4.78 is 41.4. The Hall–Kier alpha value is -5.18. The lowest BCUT2D eigenvalue weighted by atomic mass is 9.79. The minimum absolute atomic E-state index is 0.328. The van der Waals surface area contributed by atoms with Crippen molar-refractivity contribution in [3.8, 4) is 39.9 Å². The van der Waals surface area contributed by atoms with Crippen LogP contribution in [0.1, 0.15) is 49.6 Å². The SMILES string of the molecule is COc1cc2c(c(OC)c1C)-c1c(cc(OC)c(OC)c1OC)C(OC(=O)c1ccccc1)C2OC(=O)c1ccccc1. The number of hydrogen-bond acceptors (Lipinski definition) is 9. The number of rotatable bonds is 9. The van der Waals surface area contributed by atoms with Gasteiger partial charge in [-0.3, -0.25) is 0 Å². The van der Waals surface area contributed by atoms with E-state index < -0.39 is 24.1 Å². The fraction of sp³-hybridized carbons (Fsp3) is 0.235. The van der Waals surface area contributed by atoms with Crippen molar-refractivity contribution in [1.82, 2.24) is 0 Å². The van der Waals surface area contributed by atoms with Crippen LogP contribution in [0.2, 0.25) is 0 Å². The van der Waals surface area contributed by atoms with Crippen molar-refractivity contribution < 1.29 is 42.7 Å². The predicted octanol–water partition coefficient (Wildman–Crippen LogP) is 6.51. The van der Waals surface area contributed by atoms with Crippen molar-refractivity contribution in [3.05, 3.63) is 101 Å². The molecule has 1 aliphatic rings. The molecule has 0 spiro atoms. The van der Waals surface area contributed by atoms with Gasteiger partial charge in [0.25, 0.3) is 0 Å². The Morgan fingerprint density at radius 1 is 0.535 bits per heavy atom. The topological polar surface area (TPSA) is 98.8 Å². The number of hydrogen-bond donors (Lipinski definition) is 0. The van der Waals surface area contributed by atoms with Gasteiger partial charge in [0.05, 0.1) is 46.7 Å². The quantitative estimate of drug-likeness (QED) is 0.204. The fourth-order valence-corrected chi connectivity index (χ4v) is 5.45. The van der Waals surface area contributed by atoms with Crippen LogP contribution in [-0.4, -0.2) is 47.5 Å². The molecule has 0 N–H and O–H groups in total. The van der Waals surface area contributed by atoms with E-state index in [1.54, 1.807) is 79.9 Å². The molecule has 0 fully saturated rings. The largest absolute Gasteiger partial charge is 0.496 e. The first-order valence-corrected chi connectivity index (χ1v) is 13.5. The predicted molar refractivity (Wildman–Crippen MR) is 159 cm³/mol. The molecule has 0 bridgehead atoms. The molecule has 9 heteroatoms. The fourth-order valence-electron chi connectivity index (χ4n) is 5.45. The van der Waals surface area contributed by atoms with Crippen molar-refractivity contribution in [2.24, 2.45) is 0 Å². The van der Waals surface area contributed by atoms with E-state index >= 15 is 0 Å². The maximum atomic E-state index is 13.6. The first-order chi connectivity index (χ1) is 20.9. The number of fused-ring (bicyclic) bond motifs is 3. The van der Waals surface area contributed by atoms with E-state index in [0.29, 0.717) is 67.7 Å². The van der Waals surface area contributed by atoms with Crippen LogP contribution in [-0.2, 0) is 9.47 Å².